The molecule has 0 aromatic carbocycles. The van der Waals surface area contributed by atoms with Crippen molar-refractivity contribution in [1.29, 1.82) is 0 Å². The van der Waals surface area contributed by atoms with Crippen molar-refractivity contribution in [2.45, 2.75) is 39.8 Å². The molecule has 51 valence electrons. The van der Waals surface area contributed by atoms with Crippen LogP contribution in [0.4, 0.5) is 0 Å². The maximum atomic E-state index is 3.09. The normalized spacial score (nSPS) is 10.0. The summed E-state index contributed by atoms with van der Waals surface area (Å²) in [6.45, 7) is 8.43. The number of hydrogen-bond acceptors (Lipinski definition) is 2. The zero-order valence-electron chi connectivity index (χ0n) is 7.15. The van der Waals surface area contributed by atoms with E-state index < -0.39 is 0 Å². The molecule has 2 nitrogen and oxygen atoms in total. The standard InChI is InChI=1S/C6H16N2.Li/c1-5(2)7-8-6(3)4;/h5-8H,1-4H3;. The Morgan fingerprint density at radius 3 is 1.11 bits per heavy atom. The van der Waals surface area contributed by atoms with E-state index in [0.29, 0.717) is 12.1 Å². The van der Waals surface area contributed by atoms with E-state index in [-0.39, 0.29) is 18.9 Å². The fourth-order valence-electron chi connectivity index (χ4n) is 0.333. The van der Waals surface area contributed by atoms with E-state index >= 15 is 0 Å². The predicted molar refractivity (Wildman–Crippen MR) is 42.3 cm³/mol. The first kappa shape index (κ1) is 12.2. The first-order valence-corrected chi connectivity index (χ1v) is 3.14. The van der Waals surface area contributed by atoms with Crippen molar-refractivity contribution < 1.29 is 0 Å². The van der Waals surface area contributed by atoms with Gasteiger partial charge in [-0.05, 0) is 27.7 Å². The van der Waals surface area contributed by atoms with Gasteiger partial charge in [-0.25, -0.2) is 0 Å². The van der Waals surface area contributed by atoms with Crippen molar-refractivity contribution in [3.8, 4) is 0 Å². The molecule has 0 unspecified atom stereocenters. The average Bonchev–Trinajstić information content (AvgIpc) is 1.61. The van der Waals surface area contributed by atoms with E-state index in [9.17, 15) is 0 Å². The van der Waals surface area contributed by atoms with E-state index in [4.69, 9.17) is 0 Å². The summed E-state index contributed by atoms with van der Waals surface area (Å²) in [7, 11) is 0. The molecule has 0 heterocycles. The Hall–Kier alpha value is 0.517. The van der Waals surface area contributed by atoms with Crippen LogP contribution in [0.5, 0.6) is 0 Å². The van der Waals surface area contributed by atoms with Gasteiger partial charge in [0.2, 0.25) is 0 Å². The third-order valence-electron chi connectivity index (χ3n) is 0.661. The van der Waals surface area contributed by atoms with Crippen molar-refractivity contribution in [3.63, 3.8) is 0 Å². The van der Waals surface area contributed by atoms with Gasteiger partial charge in [-0.3, -0.25) is 10.9 Å². The quantitative estimate of drug-likeness (QED) is 0.422. The summed E-state index contributed by atoms with van der Waals surface area (Å²) < 4.78 is 0. The summed E-state index contributed by atoms with van der Waals surface area (Å²) in [5.41, 5.74) is 6.19. The second kappa shape index (κ2) is 6.63. The topological polar surface area (TPSA) is 24.1 Å². The Bertz CT molecular complexity index is 47.0. The fraction of sp³-hybridized carbons (Fsp3) is 1.00. The third-order valence-corrected chi connectivity index (χ3v) is 0.661. The van der Waals surface area contributed by atoms with E-state index in [1.165, 1.54) is 0 Å². The van der Waals surface area contributed by atoms with Crippen LogP contribution >= 0.6 is 0 Å². The van der Waals surface area contributed by atoms with E-state index in [1.807, 2.05) is 0 Å². The van der Waals surface area contributed by atoms with Gasteiger partial charge >= 0.3 is 0 Å². The first-order chi connectivity index (χ1) is 3.63. The number of rotatable bonds is 3. The van der Waals surface area contributed by atoms with Crippen LogP contribution in [-0.2, 0) is 0 Å². The summed E-state index contributed by atoms with van der Waals surface area (Å²) in [5, 5.41) is 0. The maximum Gasteiger partial charge on any atom is 0.0156 e. The minimum absolute atomic E-state index is 0. The zero-order valence-corrected chi connectivity index (χ0v) is 7.15. The van der Waals surface area contributed by atoms with Crippen molar-refractivity contribution >= 4 is 18.9 Å². The Morgan fingerprint density at radius 1 is 0.778 bits per heavy atom. The monoisotopic (exact) mass is 123 g/mol. The molecule has 0 rings (SSSR count). The van der Waals surface area contributed by atoms with Crippen LogP contribution in [0.1, 0.15) is 27.7 Å². The number of hydrogen-bond donors (Lipinski definition) is 2. The van der Waals surface area contributed by atoms with Crippen LogP contribution < -0.4 is 10.9 Å². The second-order valence-electron chi connectivity index (χ2n) is 2.60. The van der Waals surface area contributed by atoms with Crippen LogP contribution in [-0.4, -0.2) is 30.9 Å². The molecule has 0 saturated carbocycles. The fourth-order valence-corrected chi connectivity index (χ4v) is 0.333. The molecule has 0 aliphatic heterocycles. The largest absolute Gasteiger partial charge is 0.255 e. The van der Waals surface area contributed by atoms with Gasteiger partial charge in [0.1, 0.15) is 0 Å². The molecule has 3 heteroatoms. The summed E-state index contributed by atoms with van der Waals surface area (Å²) in [6, 6.07) is 1.05. The van der Waals surface area contributed by atoms with Gasteiger partial charge in [0, 0.05) is 30.9 Å². The molecule has 1 radical (unpaired) electrons. The molecule has 0 aliphatic carbocycles. The van der Waals surface area contributed by atoms with Crippen molar-refractivity contribution in [2.24, 2.45) is 0 Å². The smallest absolute Gasteiger partial charge is 0.0156 e. The minimum Gasteiger partial charge on any atom is -0.255 e. The molecule has 0 fully saturated rings. The Kier molecular flexibility index (Phi) is 9.01. The van der Waals surface area contributed by atoms with E-state index in [1.54, 1.807) is 0 Å². The zero-order chi connectivity index (χ0) is 6.57. The molecule has 2 N–H and O–H groups in total. The van der Waals surface area contributed by atoms with E-state index in [0.717, 1.165) is 0 Å². The number of hydrazine groups is 1. The molecule has 0 spiro atoms. The van der Waals surface area contributed by atoms with Crippen LogP contribution in [0, 0.1) is 0 Å². The molecule has 0 atom stereocenters. The molecular formula is C6H16LiN2. The molecule has 0 aliphatic rings. The van der Waals surface area contributed by atoms with Crippen molar-refractivity contribution in [1.82, 2.24) is 10.9 Å². The molecule has 0 aromatic rings. The first-order valence-electron chi connectivity index (χ1n) is 3.14. The van der Waals surface area contributed by atoms with E-state index in [2.05, 4.69) is 38.5 Å². The molecule has 9 heavy (non-hydrogen) atoms. The molecular weight excluding hydrogens is 107 g/mol. The van der Waals surface area contributed by atoms with Crippen LogP contribution in [0.3, 0.4) is 0 Å². The molecule has 0 bridgehead atoms. The Labute approximate surface area is 69.9 Å². The van der Waals surface area contributed by atoms with Gasteiger partial charge in [-0.2, -0.15) is 0 Å². The third kappa shape index (κ3) is 11.9. The van der Waals surface area contributed by atoms with Crippen molar-refractivity contribution in [3.05, 3.63) is 0 Å². The summed E-state index contributed by atoms with van der Waals surface area (Å²) in [4.78, 5) is 0. The van der Waals surface area contributed by atoms with Gasteiger partial charge in [-0.1, -0.05) is 0 Å². The molecule has 0 aromatic heterocycles. The van der Waals surface area contributed by atoms with Gasteiger partial charge in [-0.15, -0.1) is 0 Å². The average molecular weight is 123 g/mol. The number of nitrogens with one attached hydrogen (secondary N) is 2. The van der Waals surface area contributed by atoms with Gasteiger partial charge in [0.25, 0.3) is 0 Å². The summed E-state index contributed by atoms with van der Waals surface area (Å²) in [6.07, 6.45) is 0. The Balaban J connectivity index is 0. The van der Waals surface area contributed by atoms with Gasteiger partial charge in [0.15, 0.2) is 0 Å². The molecule has 0 saturated heterocycles. The van der Waals surface area contributed by atoms with Crippen LogP contribution in [0.15, 0.2) is 0 Å². The minimum atomic E-state index is 0. The van der Waals surface area contributed by atoms with Crippen molar-refractivity contribution in [2.75, 3.05) is 0 Å². The summed E-state index contributed by atoms with van der Waals surface area (Å²) >= 11 is 0. The SMILES string of the molecule is CC(C)NNC(C)C.[Li]. The van der Waals surface area contributed by atoms with Gasteiger partial charge in [0.05, 0.1) is 0 Å². The predicted octanol–water partition coefficient (Wildman–Crippen LogP) is 0.517. The van der Waals surface area contributed by atoms with Gasteiger partial charge < -0.3 is 0 Å². The molecule has 0 amide bonds. The van der Waals surface area contributed by atoms with Crippen LogP contribution in [0.2, 0.25) is 0 Å². The Morgan fingerprint density at radius 2 is 1.00 bits per heavy atom. The summed E-state index contributed by atoms with van der Waals surface area (Å²) in [5.74, 6) is 0. The maximum absolute atomic E-state index is 3.09. The second-order valence-corrected chi connectivity index (χ2v) is 2.60. The van der Waals surface area contributed by atoms with Crippen LogP contribution in [0.25, 0.3) is 0 Å².